The number of carbonyl (C=O) groups excluding carboxylic acids is 2. The van der Waals surface area contributed by atoms with E-state index < -0.39 is 24.5 Å². The smallest absolute Gasteiger partial charge is 0.417 e. The Labute approximate surface area is 75.1 Å². The SMILES string of the molecule is CCOC(=O)N(CC(=O)O)C(C)=O. The second kappa shape index (κ2) is 5.13. The molecule has 0 aliphatic rings. The molecule has 0 aromatic rings. The third kappa shape index (κ3) is 4.09. The molecule has 0 spiro atoms. The molecule has 1 N–H and O–H groups in total. The van der Waals surface area contributed by atoms with Crippen LogP contribution in [0.5, 0.6) is 0 Å². The van der Waals surface area contributed by atoms with Crippen LogP contribution in [0.3, 0.4) is 0 Å². The van der Waals surface area contributed by atoms with E-state index in [1.54, 1.807) is 6.92 Å². The zero-order valence-electron chi connectivity index (χ0n) is 7.44. The first-order valence-electron chi connectivity index (χ1n) is 3.65. The quantitative estimate of drug-likeness (QED) is 0.679. The van der Waals surface area contributed by atoms with Gasteiger partial charge >= 0.3 is 12.1 Å². The first kappa shape index (κ1) is 11.4. The van der Waals surface area contributed by atoms with Gasteiger partial charge in [0.15, 0.2) is 0 Å². The summed E-state index contributed by atoms with van der Waals surface area (Å²) in [6.45, 7) is 2.09. The molecule has 0 aromatic carbocycles. The molecule has 0 saturated heterocycles. The predicted octanol–water partition coefficient (Wildman–Crippen LogP) is 0.0760. The van der Waals surface area contributed by atoms with Crippen molar-refractivity contribution < 1.29 is 24.2 Å². The van der Waals surface area contributed by atoms with Gasteiger partial charge in [0.1, 0.15) is 6.54 Å². The molecule has 74 valence electrons. The molecule has 0 radical (unpaired) electrons. The summed E-state index contributed by atoms with van der Waals surface area (Å²) >= 11 is 0. The van der Waals surface area contributed by atoms with Crippen LogP contribution in [-0.4, -0.2) is 41.1 Å². The van der Waals surface area contributed by atoms with Crippen LogP contribution in [-0.2, 0) is 14.3 Å². The summed E-state index contributed by atoms with van der Waals surface area (Å²) < 4.78 is 4.47. The van der Waals surface area contributed by atoms with Gasteiger partial charge in [0, 0.05) is 6.92 Å². The third-order valence-electron chi connectivity index (χ3n) is 1.16. The van der Waals surface area contributed by atoms with Crippen molar-refractivity contribution in [2.24, 2.45) is 0 Å². The minimum atomic E-state index is -1.26. The van der Waals surface area contributed by atoms with Crippen molar-refractivity contribution in [2.75, 3.05) is 13.2 Å². The van der Waals surface area contributed by atoms with Gasteiger partial charge < -0.3 is 9.84 Å². The fourth-order valence-electron chi connectivity index (χ4n) is 0.641. The maximum absolute atomic E-state index is 10.9. The summed E-state index contributed by atoms with van der Waals surface area (Å²) in [5.41, 5.74) is 0. The minimum Gasteiger partial charge on any atom is -0.480 e. The number of amides is 2. The van der Waals surface area contributed by atoms with Crippen LogP contribution >= 0.6 is 0 Å². The molecule has 0 fully saturated rings. The lowest BCUT2D eigenvalue weighted by Crippen LogP contribution is -2.39. The second-order valence-corrected chi connectivity index (χ2v) is 2.20. The monoisotopic (exact) mass is 189 g/mol. The van der Waals surface area contributed by atoms with E-state index >= 15 is 0 Å². The maximum atomic E-state index is 10.9. The molecular weight excluding hydrogens is 178 g/mol. The van der Waals surface area contributed by atoms with Gasteiger partial charge in [-0.15, -0.1) is 0 Å². The number of hydrogen-bond donors (Lipinski definition) is 1. The number of nitrogens with zero attached hydrogens (tertiary/aromatic N) is 1. The summed E-state index contributed by atoms with van der Waals surface area (Å²) in [5.74, 6) is -1.91. The van der Waals surface area contributed by atoms with Crippen LogP contribution in [0.25, 0.3) is 0 Å². The first-order chi connectivity index (χ1) is 5.99. The number of ether oxygens (including phenoxy) is 1. The molecule has 6 heteroatoms. The van der Waals surface area contributed by atoms with Gasteiger partial charge in [0.25, 0.3) is 0 Å². The Bertz CT molecular complexity index is 225. The molecule has 0 aliphatic heterocycles. The molecule has 0 rings (SSSR count). The van der Waals surface area contributed by atoms with E-state index in [0.717, 1.165) is 6.92 Å². The van der Waals surface area contributed by atoms with Gasteiger partial charge in [0.05, 0.1) is 6.61 Å². The molecule has 0 unspecified atom stereocenters. The van der Waals surface area contributed by atoms with Gasteiger partial charge in [0.2, 0.25) is 5.91 Å². The Morgan fingerprint density at radius 3 is 2.23 bits per heavy atom. The number of hydrogen-bond acceptors (Lipinski definition) is 4. The first-order valence-corrected chi connectivity index (χ1v) is 3.65. The van der Waals surface area contributed by atoms with Crippen molar-refractivity contribution in [3.8, 4) is 0 Å². The maximum Gasteiger partial charge on any atom is 0.417 e. The van der Waals surface area contributed by atoms with Crippen LogP contribution in [0, 0.1) is 0 Å². The number of carboxylic acids is 1. The Morgan fingerprint density at radius 2 is 1.92 bits per heavy atom. The van der Waals surface area contributed by atoms with E-state index in [-0.39, 0.29) is 6.61 Å². The van der Waals surface area contributed by atoms with Gasteiger partial charge in [-0.2, -0.15) is 0 Å². The molecule has 0 heterocycles. The highest BCUT2D eigenvalue weighted by Crippen LogP contribution is 1.94. The molecule has 0 atom stereocenters. The number of carboxylic acid groups (broad SMARTS) is 1. The fraction of sp³-hybridized carbons (Fsp3) is 0.571. The standard InChI is InChI=1S/C7H11NO5/c1-3-13-7(12)8(5(2)9)4-6(10)11/h3-4H2,1-2H3,(H,10,11). The van der Waals surface area contributed by atoms with Crippen LogP contribution in [0.2, 0.25) is 0 Å². The molecule has 2 amide bonds. The van der Waals surface area contributed by atoms with E-state index in [2.05, 4.69) is 4.74 Å². The third-order valence-corrected chi connectivity index (χ3v) is 1.16. The predicted molar refractivity (Wildman–Crippen MR) is 42.0 cm³/mol. The van der Waals surface area contributed by atoms with Crippen molar-refractivity contribution in [2.45, 2.75) is 13.8 Å². The van der Waals surface area contributed by atoms with Crippen molar-refractivity contribution >= 4 is 18.0 Å². The van der Waals surface area contributed by atoms with Crippen LogP contribution in [0.4, 0.5) is 4.79 Å². The summed E-state index contributed by atoms with van der Waals surface area (Å²) in [6.07, 6.45) is -0.933. The van der Waals surface area contributed by atoms with Gasteiger partial charge in [-0.25, -0.2) is 9.69 Å². The Hall–Kier alpha value is -1.59. The lowest BCUT2D eigenvalue weighted by Gasteiger charge is -2.15. The lowest BCUT2D eigenvalue weighted by atomic mass is 10.5. The number of rotatable bonds is 3. The summed E-state index contributed by atoms with van der Waals surface area (Å²) in [4.78, 5) is 32.4. The van der Waals surface area contributed by atoms with E-state index in [9.17, 15) is 14.4 Å². The van der Waals surface area contributed by atoms with E-state index in [1.165, 1.54) is 0 Å². The van der Waals surface area contributed by atoms with Gasteiger partial charge in [-0.1, -0.05) is 0 Å². The van der Waals surface area contributed by atoms with Crippen molar-refractivity contribution in [1.82, 2.24) is 4.90 Å². The van der Waals surface area contributed by atoms with E-state index in [0.29, 0.717) is 4.90 Å². The highest BCUT2D eigenvalue weighted by molar-refractivity contribution is 5.93. The molecule has 0 aromatic heterocycles. The van der Waals surface area contributed by atoms with Crippen molar-refractivity contribution in [3.63, 3.8) is 0 Å². The lowest BCUT2D eigenvalue weighted by molar-refractivity contribution is -0.142. The van der Waals surface area contributed by atoms with Crippen molar-refractivity contribution in [1.29, 1.82) is 0 Å². The zero-order valence-corrected chi connectivity index (χ0v) is 7.44. The Morgan fingerprint density at radius 1 is 1.38 bits per heavy atom. The Kier molecular flexibility index (Phi) is 4.50. The molecule has 0 aliphatic carbocycles. The average Bonchev–Trinajstić information content (AvgIpc) is 1.99. The van der Waals surface area contributed by atoms with Gasteiger partial charge in [-0.3, -0.25) is 9.59 Å². The molecule has 0 saturated carbocycles. The molecule has 13 heavy (non-hydrogen) atoms. The van der Waals surface area contributed by atoms with Crippen LogP contribution in [0.1, 0.15) is 13.8 Å². The van der Waals surface area contributed by atoms with Crippen molar-refractivity contribution in [3.05, 3.63) is 0 Å². The molecular formula is C7H11NO5. The normalized spacial score (nSPS) is 9.08. The second-order valence-electron chi connectivity index (χ2n) is 2.20. The highest BCUT2D eigenvalue weighted by Gasteiger charge is 2.21. The Balaban J connectivity index is 4.32. The summed E-state index contributed by atoms with van der Waals surface area (Å²) in [7, 11) is 0. The largest absolute Gasteiger partial charge is 0.480 e. The average molecular weight is 189 g/mol. The summed E-state index contributed by atoms with van der Waals surface area (Å²) in [5, 5.41) is 8.35. The highest BCUT2D eigenvalue weighted by atomic mass is 16.6. The fourth-order valence-corrected chi connectivity index (χ4v) is 0.641. The minimum absolute atomic E-state index is 0.0994. The number of carbonyl (C=O) groups is 3. The van der Waals surface area contributed by atoms with Gasteiger partial charge in [-0.05, 0) is 6.92 Å². The number of imide groups is 1. The molecule has 6 nitrogen and oxygen atoms in total. The zero-order chi connectivity index (χ0) is 10.4. The molecule has 0 bridgehead atoms. The van der Waals surface area contributed by atoms with E-state index in [1.807, 2.05) is 0 Å². The number of aliphatic carboxylic acids is 1. The topological polar surface area (TPSA) is 83.9 Å². The van der Waals surface area contributed by atoms with Crippen LogP contribution < -0.4 is 0 Å². The summed E-state index contributed by atoms with van der Waals surface area (Å²) in [6, 6.07) is 0. The van der Waals surface area contributed by atoms with Crippen LogP contribution in [0.15, 0.2) is 0 Å². The van der Waals surface area contributed by atoms with E-state index in [4.69, 9.17) is 5.11 Å².